The summed E-state index contributed by atoms with van der Waals surface area (Å²) in [6.45, 7) is 0. The number of benzene rings is 1. The summed E-state index contributed by atoms with van der Waals surface area (Å²) in [6.07, 6.45) is 11.8. The van der Waals surface area contributed by atoms with E-state index in [0.29, 0.717) is 0 Å². The quantitative estimate of drug-likeness (QED) is 0.686. The third kappa shape index (κ3) is 4.00. The van der Waals surface area contributed by atoms with Gasteiger partial charge in [-0.05, 0) is 53.6 Å². The Labute approximate surface area is 130 Å². The van der Waals surface area contributed by atoms with Gasteiger partial charge in [0.2, 0.25) is 0 Å². The molecular formula is C20H16N2. The second-order valence-corrected chi connectivity index (χ2v) is 4.85. The molecule has 0 saturated carbocycles. The largest absolute Gasteiger partial charge is 0.257 e. The van der Waals surface area contributed by atoms with Gasteiger partial charge in [-0.2, -0.15) is 0 Å². The van der Waals surface area contributed by atoms with E-state index in [4.69, 9.17) is 0 Å². The SMILES string of the molecule is C(=C\c1ccccn1)/c1cccc(/C=C/c2ccccn2)c1. The molecule has 2 nitrogen and oxygen atoms in total. The molecule has 0 aliphatic rings. The van der Waals surface area contributed by atoms with Crippen molar-refractivity contribution >= 4 is 24.3 Å². The van der Waals surface area contributed by atoms with Crippen molar-refractivity contribution in [3.63, 3.8) is 0 Å². The van der Waals surface area contributed by atoms with Crippen molar-refractivity contribution in [1.82, 2.24) is 9.97 Å². The Kier molecular flexibility index (Phi) is 4.53. The molecule has 2 heteroatoms. The zero-order valence-corrected chi connectivity index (χ0v) is 12.1. The average molecular weight is 284 g/mol. The monoisotopic (exact) mass is 284 g/mol. The number of hydrogen-bond acceptors (Lipinski definition) is 2. The molecule has 3 aromatic rings. The highest BCUT2D eigenvalue weighted by molar-refractivity contribution is 5.72. The van der Waals surface area contributed by atoms with Crippen LogP contribution in [0.1, 0.15) is 22.5 Å². The molecule has 0 spiro atoms. The van der Waals surface area contributed by atoms with E-state index in [2.05, 4.69) is 46.4 Å². The number of nitrogens with zero attached hydrogens (tertiary/aromatic N) is 2. The minimum atomic E-state index is 0.955. The number of aromatic nitrogens is 2. The molecule has 0 bridgehead atoms. The van der Waals surface area contributed by atoms with E-state index in [1.807, 2.05) is 48.6 Å². The molecule has 0 atom stereocenters. The lowest BCUT2D eigenvalue weighted by Gasteiger charge is -1.97. The molecular weight excluding hydrogens is 268 g/mol. The average Bonchev–Trinajstić information content (AvgIpc) is 2.60. The van der Waals surface area contributed by atoms with Gasteiger partial charge in [-0.15, -0.1) is 0 Å². The van der Waals surface area contributed by atoms with Gasteiger partial charge in [-0.25, -0.2) is 0 Å². The molecule has 0 aliphatic carbocycles. The van der Waals surface area contributed by atoms with E-state index >= 15 is 0 Å². The fraction of sp³-hybridized carbons (Fsp3) is 0. The van der Waals surface area contributed by atoms with Crippen molar-refractivity contribution in [2.75, 3.05) is 0 Å². The van der Waals surface area contributed by atoms with Gasteiger partial charge in [0.25, 0.3) is 0 Å². The molecule has 2 heterocycles. The molecule has 1 aromatic carbocycles. The van der Waals surface area contributed by atoms with Crippen LogP contribution >= 0.6 is 0 Å². The first-order valence-electron chi connectivity index (χ1n) is 7.18. The summed E-state index contributed by atoms with van der Waals surface area (Å²) in [4.78, 5) is 8.57. The van der Waals surface area contributed by atoms with Crippen LogP contribution in [0.2, 0.25) is 0 Å². The minimum absolute atomic E-state index is 0.955. The number of rotatable bonds is 4. The van der Waals surface area contributed by atoms with Crippen LogP contribution in [0.25, 0.3) is 24.3 Å². The lowest BCUT2D eigenvalue weighted by Crippen LogP contribution is -1.79. The zero-order chi connectivity index (χ0) is 15.0. The van der Waals surface area contributed by atoms with Crippen LogP contribution in [0.15, 0.2) is 73.1 Å². The summed E-state index contributed by atoms with van der Waals surface area (Å²) in [5.41, 5.74) is 4.21. The Bertz CT molecular complexity index is 710. The van der Waals surface area contributed by atoms with E-state index in [1.54, 1.807) is 12.4 Å². The smallest absolute Gasteiger partial charge is 0.0629 e. The molecule has 0 radical (unpaired) electrons. The van der Waals surface area contributed by atoms with Gasteiger partial charge in [0, 0.05) is 12.4 Å². The van der Waals surface area contributed by atoms with Gasteiger partial charge in [0.05, 0.1) is 11.4 Å². The molecule has 2 aromatic heterocycles. The summed E-state index contributed by atoms with van der Waals surface area (Å²) in [7, 11) is 0. The highest BCUT2D eigenvalue weighted by Gasteiger charge is 1.92. The fourth-order valence-electron chi connectivity index (χ4n) is 2.08. The topological polar surface area (TPSA) is 25.8 Å². The van der Waals surface area contributed by atoms with Crippen LogP contribution in [-0.2, 0) is 0 Å². The first-order chi connectivity index (χ1) is 10.9. The molecule has 0 aliphatic heterocycles. The van der Waals surface area contributed by atoms with Gasteiger partial charge in [-0.3, -0.25) is 9.97 Å². The summed E-state index contributed by atoms with van der Waals surface area (Å²) in [5.74, 6) is 0. The van der Waals surface area contributed by atoms with E-state index in [1.165, 1.54) is 0 Å². The van der Waals surface area contributed by atoms with Crippen molar-refractivity contribution in [2.45, 2.75) is 0 Å². The summed E-state index contributed by atoms with van der Waals surface area (Å²) in [5, 5.41) is 0. The Morgan fingerprint density at radius 1 is 0.545 bits per heavy atom. The molecule has 0 saturated heterocycles. The molecule has 0 fully saturated rings. The summed E-state index contributed by atoms with van der Waals surface area (Å²) in [6, 6.07) is 20.1. The lowest BCUT2D eigenvalue weighted by molar-refractivity contribution is 1.30. The fourth-order valence-corrected chi connectivity index (χ4v) is 2.08. The number of hydrogen-bond donors (Lipinski definition) is 0. The Morgan fingerprint density at radius 3 is 1.55 bits per heavy atom. The Morgan fingerprint density at radius 2 is 1.09 bits per heavy atom. The van der Waals surface area contributed by atoms with Crippen molar-refractivity contribution in [2.24, 2.45) is 0 Å². The van der Waals surface area contributed by atoms with Crippen molar-refractivity contribution < 1.29 is 0 Å². The van der Waals surface area contributed by atoms with E-state index < -0.39 is 0 Å². The first kappa shape index (κ1) is 14.0. The maximum Gasteiger partial charge on any atom is 0.0629 e. The summed E-state index contributed by atoms with van der Waals surface area (Å²) >= 11 is 0. The molecule has 22 heavy (non-hydrogen) atoms. The predicted octanol–water partition coefficient (Wildman–Crippen LogP) is 4.82. The molecule has 0 unspecified atom stereocenters. The maximum absolute atomic E-state index is 4.28. The van der Waals surface area contributed by atoms with Crippen LogP contribution in [0.3, 0.4) is 0 Å². The van der Waals surface area contributed by atoms with Crippen LogP contribution in [0, 0.1) is 0 Å². The van der Waals surface area contributed by atoms with E-state index in [9.17, 15) is 0 Å². The van der Waals surface area contributed by atoms with Crippen LogP contribution in [-0.4, -0.2) is 9.97 Å². The van der Waals surface area contributed by atoms with E-state index in [-0.39, 0.29) is 0 Å². The molecule has 0 amide bonds. The third-order valence-electron chi connectivity index (χ3n) is 3.18. The standard InChI is InChI=1S/C20H16N2/c1-3-14-21-19(8-1)12-10-17-6-5-7-18(16-17)11-13-20-9-2-4-15-22-20/h1-16H/b12-10+,13-11+. The predicted molar refractivity (Wildman–Crippen MR) is 92.8 cm³/mol. The van der Waals surface area contributed by atoms with Gasteiger partial charge in [-0.1, -0.05) is 42.5 Å². The highest BCUT2D eigenvalue weighted by atomic mass is 14.7. The van der Waals surface area contributed by atoms with Crippen LogP contribution < -0.4 is 0 Å². The van der Waals surface area contributed by atoms with Crippen LogP contribution in [0.4, 0.5) is 0 Å². The minimum Gasteiger partial charge on any atom is -0.257 e. The second-order valence-electron chi connectivity index (χ2n) is 4.85. The maximum atomic E-state index is 4.28. The van der Waals surface area contributed by atoms with Gasteiger partial charge in [0.1, 0.15) is 0 Å². The van der Waals surface area contributed by atoms with Gasteiger partial charge < -0.3 is 0 Å². The normalized spacial score (nSPS) is 11.3. The Balaban J connectivity index is 1.75. The van der Waals surface area contributed by atoms with Gasteiger partial charge in [0.15, 0.2) is 0 Å². The van der Waals surface area contributed by atoms with Crippen molar-refractivity contribution in [3.05, 3.63) is 95.6 Å². The van der Waals surface area contributed by atoms with E-state index in [0.717, 1.165) is 22.5 Å². The molecule has 106 valence electrons. The summed E-state index contributed by atoms with van der Waals surface area (Å²) < 4.78 is 0. The molecule has 3 rings (SSSR count). The van der Waals surface area contributed by atoms with Crippen molar-refractivity contribution in [1.29, 1.82) is 0 Å². The third-order valence-corrected chi connectivity index (χ3v) is 3.18. The van der Waals surface area contributed by atoms with Gasteiger partial charge >= 0.3 is 0 Å². The number of pyridine rings is 2. The Hall–Kier alpha value is -3.00. The van der Waals surface area contributed by atoms with Crippen LogP contribution in [0.5, 0.6) is 0 Å². The highest BCUT2D eigenvalue weighted by Crippen LogP contribution is 2.12. The lowest BCUT2D eigenvalue weighted by atomic mass is 10.1. The second kappa shape index (κ2) is 7.14. The first-order valence-corrected chi connectivity index (χ1v) is 7.18. The molecule has 0 N–H and O–H groups in total. The van der Waals surface area contributed by atoms with Crippen molar-refractivity contribution in [3.8, 4) is 0 Å². The zero-order valence-electron chi connectivity index (χ0n) is 12.1.